The van der Waals surface area contributed by atoms with Crippen LogP contribution in [0.5, 0.6) is 0 Å². The molecule has 0 spiro atoms. The van der Waals surface area contributed by atoms with Gasteiger partial charge in [-0.2, -0.15) is 11.8 Å². The lowest BCUT2D eigenvalue weighted by Crippen LogP contribution is -2.34. The Labute approximate surface area is 93.4 Å². The second-order valence-electron chi connectivity index (χ2n) is 4.76. The third-order valence-corrected chi connectivity index (χ3v) is 4.60. The molecule has 2 heteroatoms. The zero-order chi connectivity index (χ0) is 10.4. The van der Waals surface area contributed by atoms with Crippen LogP contribution in [-0.2, 0) is 0 Å². The molecule has 0 aromatic heterocycles. The molecule has 2 atom stereocenters. The summed E-state index contributed by atoms with van der Waals surface area (Å²) >= 11 is 2.19. The molecule has 0 aromatic rings. The van der Waals surface area contributed by atoms with Crippen LogP contribution in [0.1, 0.15) is 46.5 Å². The van der Waals surface area contributed by atoms with Gasteiger partial charge in [-0.25, -0.2) is 0 Å². The van der Waals surface area contributed by atoms with Crippen molar-refractivity contribution in [2.45, 2.75) is 57.7 Å². The summed E-state index contributed by atoms with van der Waals surface area (Å²) in [5.74, 6) is 2.17. The summed E-state index contributed by atoms with van der Waals surface area (Å²) in [6, 6.07) is 0.804. The number of hydrogen-bond donors (Lipinski definition) is 1. The normalized spacial score (nSPS) is 27.4. The molecule has 2 unspecified atom stereocenters. The minimum atomic E-state index is 0.804. The van der Waals surface area contributed by atoms with Crippen molar-refractivity contribution in [3.05, 3.63) is 0 Å². The van der Waals surface area contributed by atoms with E-state index < -0.39 is 0 Å². The molecule has 1 rings (SSSR count). The topological polar surface area (TPSA) is 12.0 Å². The van der Waals surface area contributed by atoms with Gasteiger partial charge in [0.05, 0.1) is 0 Å². The Bertz CT molecular complexity index is 147. The summed E-state index contributed by atoms with van der Waals surface area (Å²) in [4.78, 5) is 0. The van der Waals surface area contributed by atoms with Crippen LogP contribution in [0, 0.1) is 5.92 Å². The Kier molecular flexibility index (Phi) is 5.95. The molecule has 1 nitrogen and oxygen atoms in total. The summed E-state index contributed by atoms with van der Waals surface area (Å²) in [6.07, 6.45) is 5.52. The van der Waals surface area contributed by atoms with E-state index in [2.05, 4.69) is 37.8 Å². The van der Waals surface area contributed by atoms with E-state index in [1.165, 1.54) is 38.0 Å². The highest BCUT2D eigenvalue weighted by molar-refractivity contribution is 7.99. The maximum absolute atomic E-state index is 3.68. The highest BCUT2D eigenvalue weighted by Crippen LogP contribution is 2.31. The fourth-order valence-electron chi connectivity index (χ4n) is 2.00. The number of nitrogens with one attached hydrogen (secondary N) is 1. The molecule has 14 heavy (non-hydrogen) atoms. The fourth-order valence-corrected chi connectivity index (χ4v) is 3.43. The minimum Gasteiger partial charge on any atom is -0.313 e. The van der Waals surface area contributed by atoms with Gasteiger partial charge < -0.3 is 5.32 Å². The van der Waals surface area contributed by atoms with Crippen LogP contribution in [-0.4, -0.2) is 23.6 Å². The average molecular weight is 215 g/mol. The summed E-state index contributed by atoms with van der Waals surface area (Å²) in [5, 5.41) is 4.58. The molecule has 84 valence electrons. The SMILES string of the molecule is CCCNC1CCCC1SCC(C)C. The lowest BCUT2D eigenvalue weighted by atomic mass is 10.2. The maximum atomic E-state index is 3.68. The van der Waals surface area contributed by atoms with Crippen molar-refractivity contribution in [2.75, 3.05) is 12.3 Å². The van der Waals surface area contributed by atoms with Crippen molar-refractivity contribution in [1.29, 1.82) is 0 Å². The van der Waals surface area contributed by atoms with E-state index in [0.717, 1.165) is 17.2 Å². The molecule has 0 heterocycles. The van der Waals surface area contributed by atoms with Crippen LogP contribution in [0.3, 0.4) is 0 Å². The van der Waals surface area contributed by atoms with Crippen molar-refractivity contribution in [1.82, 2.24) is 5.32 Å². The van der Waals surface area contributed by atoms with Crippen molar-refractivity contribution in [3.8, 4) is 0 Å². The summed E-state index contributed by atoms with van der Waals surface area (Å²) in [6.45, 7) is 8.08. The molecule has 0 aromatic carbocycles. The zero-order valence-corrected chi connectivity index (χ0v) is 10.7. The Hall–Kier alpha value is 0.310. The van der Waals surface area contributed by atoms with Gasteiger partial charge in [-0.15, -0.1) is 0 Å². The summed E-state index contributed by atoms with van der Waals surface area (Å²) in [7, 11) is 0. The van der Waals surface area contributed by atoms with Crippen molar-refractivity contribution in [3.63, 3.8) is 0 Å². The molecule has 0 radical (unpaired) electrons. The molecule has 0 saturated heterocycles. The molecule has 0 amide bonds. The van der Waals surface area contributed by atoms with Gasteiger partial charge in [0.2, 0.25) is 0 Å². The van der Waals surface area contributed by atoms with E-state index in [-0.39, 0.29) is 0 Å². The molecular weight excluding hydrogens is 190 g/mol. The highest BCUT2D eigenvalue weighted by Gasteiger charge is 2.26. The number of hydrogen-bond acceptors (Lipinski definition) is 2. The Balaban J connectivity index is 2.21. The molecule has 1 fully saturated rings. The van der Waals surface area contributed by atoms with E-state index in [4.69, 9.17) is 0 Å². The predicted octanol–water partition coefficient (Wildman–Crippen LogP) is 3.30. The molecule has 1 N–H and O–H groups in total. The van der Waals surface area contributed by atoms with E-state index in [9.17, 15) is 0 Å². The van der Waals surface area contributed by atoms with Crippen molar-refractivity contribution < 1.29 is 0 Å². The summed E-state index contributed by atoms with van der Waals surface area (Å²) in [5.41, 5.74) is 0. The van der Waals surface area contributed by atoms with Gasteiger partial charge in [0, 0.05) is 11.3 Å². The first kappa shape index (κ1) is 12.4. The van der Waals surface area contributed by atoms with Crippen LogP contribution >= 0.6 is 11.8 Å². The second kappa shape index (κ2) is 6.73. The number of thioether (sulfide) groups is 1. The molecule has 1 aliphatic rings. The first-order chi connectivity index (χ1) is 6.74. The van der Waals surface area contributed by atoms with Crippen LogP contribution < -0.4 is 5.32 Å². The molecule has 1 saturated carbocycles. The highest BCUT2D eigenvalue weighted by atomic mass is 32.2. The van der Waals surface area contributed by atoms with Crippen molar-refractivity contribution >= 4 is 11.8 Å². The van der Waals surface area contributed by atoms with Crippen LogP contribution in [0.15, 0.2) is 0 Å². The maximum Gasteiger partial charge on any atom is 0.0201 e. The first-order valence-electron chi connectivity index (χ1n) is 6.09. The van der Waals surface area contributed by atoms with Gasteiger partial charge in [0.1, 0.15) is 0 Å². The van der Waals surface area contributed by atoms with Crippen LogP contribution in [0.4, 0.5) is 0 Å². The third kappa shape index (κ3) is 4.22. The van der Waals surface area contributed by atoms with Crippen LogP contribution in [0.2, 0.25) is 0 Å². The van der Waals surface area contributed by atoms with Crippen molar-refractivity contribution in [2.24, 2.45) is 5.92 Å². The van der Waals surface area contributed by atoms with Gasteiger partial charge >= 0.3 is 0 Å². The lowest BCUT2D eigenvalue weighted by molar-refractivity contribution is 0.530. The van der Waals surface area contributed by atoms with Gasteiger partial charge in [-0.1, -0.05) is 27.2 Å². The smallest absolute Gasteiger partial charge is 0.0201 e. The first-order valence-corrected chi connectivity index (χ1v) is 7.14. The van der Waals surface area contributed by atoms with Gasteiger partial charge in [0.25, 0.3) is 0 Å². The Morgan fingerprint density at radius 2 is 2.14 bits per heavy atom. The molecule has 0 aliphatic heterocycles. The van der Waals surface area contributed by atoms with E-state index in [1.54, 1.807) is 0 Å². The van der Waals surface area contributed by atoms with Gasteiger partial charge in [-0.3, -0.25) is 0 Å². The fraction of sp³-hybridized carbons (Fsp3) is 1.00. The Morgan fingerprint density at radius 1 is 1.36 bits per heavy atom. The molecule has 1 aliphatic carbocycles. The van der Waals surface area contributed by atoms with Gasteiger partial charge in [-0.05, 0) is 37.5 Å². The largest absolute Gasteiger partial charge is 0.313 e. The second-order valence-corrected chi connectivity index (χ2v) is 6.03. The van der Waals surface area contributed by atoms with Crippen LogP contribution in [0.25, 0.3) is 0 Å². The lowest BCUT2D eigenvalue weighted by Gasteiger charge is -2.21. The predicted molar refractivity (Wildman–Crippen MR) is 67.0 cm³/mol. The monoisotopic (exact) mass is 215 g/mol. The Morgan fingerprint density at radius 3 is 2.79 bits per heavy atom. The summed E-state index contributed by atoms with van der Waals surface area (Å²) < 4.78 is 0. The van der Waals surface area contributed by atoms with E-state index >= 15 is 0 Å². The number of rotatable bonds is 6. The average Bonchev–Trinajstić information content (AvgIpc) is 2.58. The quantitative estimate of drug-likeness (QED) is 0.729. The molecular formula is C12H25NS. The van der Waals surface area contributed by atoms with E-state index in [0.29, 0.717) is 0 Å². The van der Waals surface area contributed by atoms with E-state index in [1.807, 2.05) is 0 Å². The molecule has 0 bridgehead atoms. The standard InChI is InChI=1S/C12H25NS/c1-4-8-13-11-6-5-7-12(11)14-9-10(2)3/h10-13H,4-9H2,1-3H3. The third-order valence-electron chi connectivity index (χ3n) is 2.75. The zero-order valence-electron chi connectivity index (χ0n) is 9.88. The van der Waals surface area contributed by atoms with Gasteiger partial charge in [0.15, 0.2) is 0 Å². The minimum absolute atomic E-state index is 0.804.